The molecule has 0 saturated carbocycles. The van der Waals surface area contributed by atoms with Crippen LogP contribution in [0.5, 0.6) is 0 Å². The summed E-state index contributed by atoms with van der Waals surface area (Å²) < 4.78 is 5.61. The smallest absolute Gasteiger partial charge is 0.0626 e. The van der Waals surface area contributed by atoms with Crippen molar-refractivity contribution < 1.29 is 9.84 Å². The summed E-state index contributed by atoms with van der Waals surface area (Å²) in [7, 11) is 0. The third kappa shape index (κ3) is 4.26. The average molecular weight is 226 g/mol. The first kappa shape index (κ1) is 13.7. The molecule has 16 heavy (non-hydrogen) atoms. The lowest BCUT2D eigenvalue weighted by molar-refractivity contribution is 0.0268. The maximum atomic E-state index is 10.1. The van der Waals surface area contributed by atoms with Gasteiger partial charge in [-0.2, -0.15) is 0 Å². The zero-order valence-corrected chi connectivity index (χ0v) is 10.5. The van der Waals surface area contributed by atoms with Crippen molar-refractivity contribution in [1.82, 2.24) is 0 Å². The zero-order valence-electron chi connectivity index (χ0n) is 10.5. The van der Waals surface area contributed by atoms with E-state index in [0.29, 0.717) is 12.0 Å². The van der Waals surface area contributed by atoms with E-state index in [2.05, 4.69) is 13.5 Å². The molecule has 0 aliphatic carbocycles. The highest BCUT2D eigenvalue weighted by Crippen LogP contribution is 2.28. The Kier molecular flexibility index (Phi) is 6.74. The highest BCUT2D eigenvalue weighted by molar-refractivity contribution is 4.81. The van der Waals surface area contributed by atoms with Crippen LogP contribution in [-0.4, -0.2) is 23.9 Å². The first-order valence-corrected chi connectivity index (χ1v) is 6.70. The molecule has 0 aromatic rings. The van der Waals surface area contributed by atoms with E-state index < -0.39 is 0 Å². The Morgan fingerprint density at radius 3 is 2.94 bits per heavy atom. The van der Waals surface area contributed by atoms with Gasteiger partial charge in [-0.15, -0.1) is 6.58 Å². The lowest BCUT2D eigenvalue weighted by Gasteiger charge is -2.22. The maximum Gasteiger partial charge on any atom is 0.0626 e. The first-order chi connectivity index (χ1) is 7.79. The van der Waals surface area contributed by atoms with Crippen molar-refractivity contribution in [2.45, 2.75) is 64.1 Å². The molecule has 1 heterocycles. The molecule has 1 rings (SSSR count). The molecule has 94 valence electrons. The number of hydrogen-bond acceptors (Lipinski definition) is 2. The van der Waals surface area contributed by atoms with Gasteiger partial charge in [-0.3, -0.25) is 0 Å². The normalized spacial score (nSPS) is 26.9. The minimum absolute atomic E-state index is 0.156. The van der Waals surface area contributed by atoms with Gasteiger partial charge >= 0.3 is 0 Å². The number of hydrogen-bond donors (Lipinski definition) is 1. The second-order valence-corrected chi connectivity index (χ2v) is 4.76. The molecule has 1 aliphatic heterocycles. The SMILES string of the molecule is C=CCCCCCC(O)C1CCOC1CC. The van der Waals surface area contributed by atoms with Gasteiger partial charge in [0.25, 0.3) is 0 Å². The fourth-order valence-corrected chi connectivity index (χ4v) is 2.56. The highest BCUT2D eigenvalue weighted by Gasteiger charge is 2.31. The van der Waals surface area contributed by atoms with Gasteiger partial charge in [-0.05, 0) is 32.1 Å². The molecule has 3 unspecified atom stereocenters. The Morgan fingerprint density at radius 1 is 1.44 bits per heavy atom. The predicted molar refractivity (Wildman–Crippen MR) is 67.4 cm³/mol. The highest BCUT2D eigenvalue weighted by atomic mass is 16.5. The third-order valence-corrected chi connectivity index (χ3v) is 3.57. The van der Waals surface area contributed by atoms with Crippen LogP contribution in [0.25, 0.3) is 0 Å². The molecular weight excluding hydrogens is 200 g/mol. The fraction of sp³-hybridized carbons (Fsp3) is 0.857. The number of unbranched alkanes of at least 4 members (excludes halogenated alkanes) is 3. The third-order valence-electron chi connectivity index (χ3n) is 3.57. The number of aliphatic hydroxyl groups excluding tert-OH is 1. The van der Waals surface area contributed by atoms with Crippen LogP contribution in [0.2, 0.25) is 0 Å². The van der Waals surface area contributed by atoms with Gasteiger partial charge in [0.05, 0.1) is 12.2 Å². The molecule has 1 N–H and O–H groups in total. The Bertz CT molecular complexity index is 191. The van der Waals surface area contributed by atoms with E-state index in [9.17, 15) is 5.11 Å². The van der Waals surface area contributed by atoms with E-state index in [1.54, 1.807) is 0 Å². The van der Waals surface area contributed by atoms with Crippen LogP contribution in [0.4, 0.5) is 0 Å². The van der Waals surface area contributed by atoms with E-state index in [1.807, 2.05) is 6.08 Å². The predicted octanol–water partition coefficient (Wildman–Crippen LogP) is 3.30. The van der Waals surface area contributed by atoms with Crippen LogP contribution < -0.4 is 0 Å². The quantitative estimate of drug-likeness (QED) is 0.508. The summed E-state index contributed by atoms with van der Waals surface area (Å²) in [6.07, 6.45) is 9.73. The lowest BCUT2D eigenvalue weighted by Crippen LogP contribution is -2.27. The van der Waals surface area contributed by atoms with Crippen LogP contribution in [-0.2, 0) is 4.74 Å². The minimum atomic E-state index is -0.156. The van der Waals surface area contributed by atoms with Gasteiger partial charge < -0.3 is 9.84 Å². The summed E-state index contributed by atoms with van der Waals surface area (Å²) in [5, 5.41) is 10.1. The maximum absolute atomic E-state index is 10.1. The molecule has 2 heteroatoms. The molecule has 1 aliphatic rings. The van der Waals surface area contributed by atoms with Crippen molar-refractivity contribution in [1.29, 1.82) is 0 Å². The molecule has 0 aromatic heterocycles. The number of rotatable bonds is 8. The molecule has 1 saturated heterocycles. The summed E-state index contributed by atoms with van der Waals surface area (Å²) in [6, 6.07) is 0. The Labute approximate surface area is 99.7 Å². The number of aliphatic hydroxyl groups is 1. The van der Waals surface area contributed by atoms with Crippen LogP contribution in [0, 0.1) is 5.92 Å². The van der Waals surface area contributed by atoms with Crippen molar-refractivity contribution in [2.24, 2.45) is 5.92 Å². The second kappa shape index (κ2) is 7.86. The van der Waals surface area contributed by atoms with E-state index in [0.717, 1.165) is 38.7 Å². The van der Waals surface area contributed by atoms with Gasteiger partial charge in [0.15, 0.2) is 0 Å². The van der Waals surface area contributed by atoms with Crippen LogP contribution in [0.15, 0.2) is 12.7 Å². The topological polar surface area (TPSA) is 29.5 Å². The molecule has 0 amide bonds. The molecule has 1 fully saturated rings. The Morgan fingerprint density at radius 2 is 2.25 bits per heavy atom. The largest absolute Gasteiger partial charge is 0.393 e. The molecule has 0 radical (unpaired) electrons. The van der Waals surface area contributed by atoms with Gasteiger partial charge in [0.2, 0.25) is 0 Å². The van der Waals surface area contributed by atoms with Crippen molar-refractivity contribution in [2.75, 3.05) is 6.61 Å². The summed E-state index contributed by atoms with van der Waals surface area (Å²) >= 11 is 0. The van der Waals surface area contributed by atoms with Crippen molar-refractivity contribution in [3.8, 4) is 0 Å². The summed E-state index contributed by atoms with van der Waals surface area (Å²) in [5.41, 5.74) is 0. The first-order valence-electron chi connectivity index (χ1n) is 6.70. The monoisotopic (exact) mass is 226 g/mol. The molecule has 0 spiro atoms. The van der Waals surface area contributed by atoms with Crippen LogP contribution >= 0.6 is 0 Å². The molecule has 2 nitrogen and oxygen atoms in total. The zero-order chi connectivity index (χ0) is 11.8. The Balaban J connectivity index is 2.13. The molecule has 0 bridgehead atoms. The summed E-state index contributed by atoms with van der Waals surface area (Å²) in [6.45, 7) is 6.68. The van der Waals surface area contributed by atoms with Crippen molar-refractivity contribution in [3.05, 3.63) is 12.7 Å². The van der Waals surface area contributed by atoms with Gasteiger partial charge in [-0.25, -0.2) is 0 Å². The van der Waals surface area contributed by atoms with E-state index in [-0.39, 0.29) is 6.10 Å². The Hall–Kier alpha value is -0.340. The lowest BCUT2D eigenvalue weighted by atomic mass is 9.90. The average Bonchev–Trinajstić information content (AvgIpc) is 2.76. The molecular formula is C14H26O2. The van der Waals surface area contributed by atoms with E-state index in [1.165, 1.54) is 12.8 Å². The standard InChI is InChI=1S/C14H26O2/c1-3-5-6-7-8-9-13(15)12-10-11-16-14(12)4-2/h3,12-15H,1,4-11H2,2H3. The fourth-order valence-electron chi connectivity index (χ4n) is 2.56. The second-order valence-electron chi connectivity index (χ2n) is 4.76. The van der Waals surface area contributed by atoms with Gasteiger partial charge in [0, 0.05) is 12.5 Å². The number of ether oxygens (including phenoxy) is 1. The minimum Gasteiger partial charge on any atom is -0.393 e. The van der Waals surface area contributed by atoms with Crippen LogP contribution in [0.3, 0.4) is 0 Å². The number of allylic oxidation sites excluding steroid dienone is 1. The van der Waals surface area contributed by atoms with Crippen molar-refractivity contribution >= 4 is 0 Å². The van der Waals surface area contributed by atoms with Crippen LogP contribution in [0.1, 0.15) is 51.9 Å². The van der Waals surface area contributed by atoms with E-state index >= 15 is 0 Å². The van der Waals surface area contributed by atoms with Crippen molar-refractivity contribution in [3.63, 3.8) is 0 Å². The summed E-state index contributed by atoms with van der Waals surface area (Å²) in [4.78, 5) is 0. The molecule has 3 atom stereocenters. The molecule has 0 aromatic carbocycles. The van der Waals surface area contributed by atoms with Gasteiger partial charge in [-0.1, -0.05) is 25.8 Å². The summed E-state index contributed by atoms with van der Waals surface area (Å²) in [5.74, 6) is 0.379. The van der Waals surface area contributed by atoms with E-state index in [4.69, 9.17) is 4.74 Å². The van der Waals surface area contributed by atoms with Gasteiger partial charge in [0.1, 0.15) is 0 Å².